The van der Waals surface area contributed by atoms with E-state index in [0.717, 1.165) is 17.5 Å². The monoisotopic (exact) mass is 369 g/mol. The van der Waals surface area contributed by atoms with Gasteiger partial charge >= 0.3 is 6.03 Å². The first kappa shape index (κ1) is 20.5. The van der Waals surface area contributed by atoms with Crippen LogP contribution in [0.3, 0.4) is 0 Å². The minimum absolute atomic E-state index is 0.0768. The number of ether oxygens (including phenoxy) is 1. The molecular weight excluding hydrogens is 342 g/mol. The summed E-state index contributed by atoms with van der Waals surface area (Å²) in [6.07, 6.45) is 0.776. The Morgan fingerprint density at radius 2 is 1.81 bits per heavy atom. The van der Waals surface area contributed by atoms with Crippen LogP contribution in [0.1, 0.15) is 40.9 Å². The quantitative estimate of drug-likeness (QED) is 0.622. The zero-order valence-corrected chi connectivity index (χ0v) is 16.0. The second-order valence-corrected chi connectivity index (χ2v) is 6.20. The average molecular weight is 369 g/mol. The maximum Gasteiger partial charge on any atom is 0.319 e. The van der Waals surface area contributed by atoms with Gasteiger partial charge in [-0.25, -0.2) is 4.79 Å². The summed E-state index contributed by atoms with van der Waals surface area (Å²) in [5.74, 6) is -0.190. The molecule has 0 radical (unpaired) electrons. The summed E-state index contributed by atoms with van der Waals surface area (Å²) in [4.78, 5) is 24.8. The molecule has 0 saturated heterocycles. The van der Waals surface area contributed by atoms with Crippen LogP contribution in [0.2, 0.25) is 0 Å². The zero-order chi connectivity index (χ0) is 19.6. The van der Waals surface area contributed by atoms with Crippen molar-refractivity contribution in [3.63, 3.8) is 0 Å². The van der Waals surface area contributed by atoms with Crippen molar-refractivity contribution in [2.75, 3.05) is 25.6 Å². The van der Waals surface area contributed by atoms with E-state index >= 15 is 0 Å². The first-order valence-corrected chi connectivity index (χ1v) is 9.06. The molecule has 27 heavy (non-hydrogen) atoms. The number of carbonyl (C=O) groups excluding carboxylic acids is 2. The molecule has 3 N–H and O–H groups in total. The van der Waals surface area contributed by atoms with Gasteiger partial charge in [-0.2, -0.15) is 0 Å². The molecule has 0 unspecified atom stereocenters. The zero-order valence-electron chi connectivity index (χ0n) is 16.0. The summed E-state index contributed by atoms with van der Waals surface area (Å²) >= 11 is 0. The van der Waals surface area contributed by atoms with E-state index in [0.29, 0.717) is 24.4 Å². The van der Waals surface area contributed by atoms with Gasteiger partial charge in [-0.1, -0.05) is 43.3 Å². The Labute approximate surface area is 160 Å². The predicted molar refractivity (Wildman–Crippen MR) is 107 cm³/mol. The highest BCUT2D eigenvalue weighted by molar-refractivity contribution is 5.99. The SMILES string of the molecule is CC[C@@H](NC(=O)Nc1cccc(C(=O)NCCOC)c1C)c1ccccc1. The molecular formula is C21H27N3O3. The molecule has 1 atom stereocenters. The molecule has 2 aromatic carbocycles. The molecule has 2 rings (SSSR count). The van der Waals surface area contributed by atoms with Crippen molar-refractivity contribution in [2.24, 2.45) is 0 Å². The van der Waals surface area contributed by atoms with Crippen LogP contribution in [-0.2, 0) is 4.74 Å². The van der Waals surface area contributed by atoms with Crippen LogP contribution in [0, 0.1) is 6.92 Å². The van der Waals surface area contributed by atoms with E-state index in [1.54, 1.807) is 25.3 Å². The summed E-state index contributed by atoms with van der Waals surface area (Å²) in [5, 5.41) is 8.63. The Kier molecular flexibility index (Phi) is 7.82. The van der Waals surface area contributed by atoms with E-state index < -0.39 is 0 Å². The van der Waals surface area contributed by atoms with Crippen molar-refractivity contribution in [3.05, 3.63) is 65.2 Å². The molecule has 0 aliphatic heterocycles. The number of benzene rings is 2. The molecule has 0 bridgehead atoms. The fraction of sp³-hybridized carbons (Fsp3) is 0.333. The highest BCUT2D eigenvalue weighted by Crippen LogP contribution is 2.20. The lowest BCUT2D eigenvalue weighted by Crippen LogP contribution is -2.33. The number of rotatable bonds is 8. The van der Waals surface area contributed by atoms with Crippen LogP contribution >= 0.6 is 0 Å². The largest absolute Gasteiger partial charge is 0.383 e. The third-order valence-electron chi connectivity index (χ3n) is 4.33. The molecule has 2 aromatic rings. The van der Waals surface area contributed by atoms with Gasteiger partial charge in [0.05, 0.1) is 12.6 Å². The summed E-state index contributed by atoms with van der Waals surface area (Å²) in [7, 11) is 1.58. The van der Waals surface area contributed by atoms with E-state index in [1.165, 1.54) is 0 Å². The molecule has 144 valence electrons. The van der Waals surface area contributed by atoms with Gasteiger partial charge in [0.15, 0.2) is 0 Å². The average Bonchev–Trinajstić information content (AvgIpc) is 2.68. The number of anilines is 1. The molecule has 0 fully saturated rings. The Balaban J connectivity index is 2.05. The first-order valence-electron chi connectivity index (χ1n) is 9.06. The number of carbonyl (C=O) groups is 2. The third kappa shape index (κ3) is 5.82. The molecule has 0 spiro atoms. The van der Waals surface area contributed by atoms with Crippen LogP contribution in [-0.4, -0.2) is 32.2 Å². The molecule has 0 aliphatic rings. The Morgan fingerprint density at radius 3 is 2.48 bits per heavy atom. The lowest BCUT2D eigenvalue weighted by molar-refractivity contribution is 0.0936. The van der Waals surface area contributed by atoms with Crippen LogP contribution < -0.4 is 16.0 Å². The standard InChI is InChI=1S/C21H27N3O3/c1-4-18(16-9-6-5-7-10-16)23-21(26)24-19-12-8-11-17(15(19)2)20(25)22-13-14-27-3/h5-12,18H,4,13-14H2,1-3H3,(H,22,25)(H2,23,24,26)/t18-/m1/s1. The van der Waals surface area contributed by atoms with E-state index in [4.69, 9.17) is 4.74 Å². The fourth-order valence-corrected chi connectivity index (χ4v) is 2.80. The van der Waals surface area contributed by atoms with Gasteiger partial charge < -0.3 is 20.7 Å². The summed E-state index contributed by atoms with van der Waals surface area (Å²) in [6, 6.07) is 14.7. The maximum absolute atomic E-state index is 12.5. The van der Waals surface area contributed by atoms with Crippen molar-refractivity contribution in [1.82, 2.24) is 10.6 Å². The number of hydrogen-bond acceptors (Lipinski definition) is 3. The molecule has 6 nitrogen and oxygen atoms in total. The van der Waals surface area contributed by atoms with Gasteiger partial charge in [-0.15, -0.1) is 0 Å². The molecule has 0 aliphatic carbocycles. The second-order valence-electron chi connectivity index (χ2n) is 6.20. The Hall–Kier alpha value is -2.86. The third-order valence-corrected chi connectivity index (χ3v) is 4.33. The van der Waals surface area contributed by atoms with Gasteiger partial charge in [0.2, 0.25) is 0 Å². The van der Waals surface area contributed by atoms with Gasteiger partial charge in [0.25, 0.3) is 5.91 Å². The van der Waals surface area contributed by atoms with E-state index in [-0.39, 0.29) is 18.0 Å². The highest BCUT2D eigenvalue weighted by atomic mass is 16.5. The smallest absolute Gasteiger partial charge is 0.319 e. The van der Waals surface area contributed by atoms with Crippen molar-refractivity contribution >= 4 is 17.6 Å². The Morgan fingerprint density at radius 1 is 1.07 bits per heavy atom. The number of hydrogen-bond donors (Lipinski definition) is 3. The minimum Gasteiger partial charge on any atom is -0.383 e. The molecule has 0 heterocycles. The van der Waals surface area contributed by atoms with Crippen LogP contribution in [0.15, 0.2) is 48.5 Å². The van der Waals surface area contributed by atoms with Gasteiger partial charge in [0.1, 0.15) is 0 Å². The van der Waals surface area contributed by atoms with E-state index in [1.807, 2.05) is 44.2 Å². The van der Waals surface area contributed by atoms with Gasteiger partial charge in [0, 0.05) is 24.9 Å². The summed E-state index contributed by atoms with van der Waals surface area (Å²) in [5.41, 5.74) is 2.90. The summed E-state index contributed by atoms with van der Waals surface area (Å²) in [6.45, 7) is 4.72. The van der Waals surface area contributed by atoms with Crippen LogP contribution in [0.4, 0.5) is 10.5 Å². The second kappa shape index (κ2) is 10.3. The number of urea groups is 1. The van der Waals surface area contributed by atoms with Crippen LogP contribution in [0.5, 0.6) is 0 Å². The lowest BCUT2D eigenvalue weighted by atomic mass is 10.0. The number of amides is 3. The fourth-order valence-electron chi connectivity index (χ4n) is 2.80. The number of nitrogens with one attached hydrogen (secondary N) is 3. The minimum atomic E-state index is -0.300. The summed E-state index contributed by atoms with van der Waals surface area (Å²) < 4.78 is 4.94. The molecule has 3 amide bonds. The van der Waals surface area contributed by atoms with Crippen molar-refractivity contribution < 1.29 is 14.3 Å². The van der Waals surface area contributed by atoms with Crippen molar-refractivity contribution in [2.45, 2.75) is 26.3 Å². The normalized spacial score (nSPS) is 11.5. The molecule has 6 heteroatoms. The van der Waals surface area contributed by atoms with Crippen LogP contribution in [0.25, 0.3) is 0 Å². The molecule has 0 aromatic heterocycles. The van der Waals surface area contributed by atoms with Crippen molar-refractivity contribution in [1.29, 1.82) is 0 Å². The first-order chi connectivity index (χ1) is 13.1. The van der Waals surface area contributed by atoms with Gasteiger partial charge in [-0.05, 0) is 36.6 Å². The predicted octanol–water partition coefficient (Wildman–Crippen LogP) is 3.64. The maximum atomic E-state index is 12.5. The number of methoxy groups -OCH3 is 1. The highest BCUT2D eigenvalue weighted by Gasteiger charge is 2.15. The van der Waals surface area contributed by atoms with Gasteiger partial charge in [-0.3, -0.25) is 4.79 Å². The van der Waals surface area contributed by atoms with Crippen molar-refractivity contribution in [3.8, 4) is 0 Å². The topological polar surface area (TPSA) is 79.5 Å². The van der Waals surface area contributed by atoms with E-state index in [2.05, 4.69) is 16.0 Å². The van der Waals surface area contributed by atoms with E-state index in [9.17, 15) is 9.59 Å². The molecule has 0 saturated carbocycles. The Bertz CT molecular complexity index is 763. The lowest BCUT2D eigenvalue weighted by Gasteiger charge is -2.19.